The molecule has 1 unspecified atom stereocenters. The molecule has 0 aromatic rings. The number of aliphatic carboxylic acids is 4. The summed E-state index contributed by atoms with van der Waals surface area (Å²) in [6.07, 6.45) is 1.26. The number of ether oxygens (including phenoxy) is 2. The summed E-state index contributed by atoms with van der Waals surface area (Å²) in [6.45, 7) is 0.376. The molecule has 0 saturated heterocycles. The van der Waals surface area contributed by atoms with Crippen molar-refractivity contribution < 1.29 is 74.3 Å². The number of thiol groups is 5. The van der Waals surface area contributed by atoms with Crippen LogP contribution in [0.15, 0.2) is 0 Å². The van der Waals surface area contributed by atoms with Gasteiger partial charge in [-0.05, 0) is 0 Å². The number of carbonyl (C=O) groups is 5. The Morgan fingerprint density at radius 2 is 0.875 bits per heavy atom. The maximum atomic E-state index is 10.7. The van der Waals surface area contributed by atoms with Crippen molar-refractivity contribution in [3.63, 3.8) is 0 Å². The Kier molecular flexibility index (Phi) is 51.7. The molecule has 8 N–H and O–H groups in total. The summed E-state index contributed by atoms with van der Waals surface area (Å²) in [7, 11) is 1.52. The molecular weight excluding hydrogens is 641 g/mol. The third-order valence-electron chi connectivity index (χ3n) is 3.06. The van der Waals surface area contributed by atoms with Gasteiger partial charge in [0.15, 0.2) is 0 Å². The minimum absolute atomic E-state index is 0.0833. The molecule has 20 heteroatoms. The Labute approximate surface area is 260 Å². The molecule has 0 radical (unpaired) electrons. The van der Waals surface area contributed by atoms with E-state index in [1.807, 2.05) is 6.92 Å². The van der Waals surface area contributed by atoms with Crippen molar-refractivity contribution in [1.29, 1.82) is 0 Å². The number of carbonyl (C=O) groups excluding carboxylic acids is 1. The molecule has 0 bridgehead atoms. The van der Waals surface area contributed by atoms with Crippen LogP contribution >= 0.6 is 63.1 Å². The van der Waals surface area contributed by atoms with Gasteiger partial charge in [-0.15, -0.1) is 0 Å². The van der Waals surface area contributed by atoms with Crippen LogP contribution in [0.25, 0.3) is 0 Å². The maximum absolute atomic E-state index is 10.7. The van der Waals surface area contributed by atoms with E-state index in [0.717, 1.165) is 12.8 Å². The highest BCUT2D eigenvalue weighted by Crippen LogP contribution is 2.11. The van der Waals surface area contributed by atoms with E-state index in [1.54, 1.807) is 0 Å². The highest BCUT2D eigenvalue weighted by atomic mass is 32.1. The van der Waals surface area contributed by atoms with Gasteiger partial charge in [0.05, 0.1) is 60.6 Å². The molecule has 0 amide bonds. The Balaban J connectivity index is -0.0000000901. The summed E-state index contributed by atoms with van der Waals surface area (Å²) in [5.74, 6) is -4.10. The lowest BCUT2D eigenvalue weighted by Crippen LogP contribution is -2.37. The van der Waals surface area contributed by atoms with Crippen LogP contribution in [0.4, 0.5) is 0 Å². The predicted octanol–water partition coefficient (Wildman–Crippen LogP) is -0.823. The number of carboxylic acids is 4. The first kappa shape index (κ1) is 51.6. The van der Waals surface area contributed by atoms with Gasteiger partial charge in [0.25, 0.3) is 0 Å². The number of hydrogen-bond donors (Lipinski definition) is 13. The molecule has 0 aliphatic carbocycles. The van der Waals surface area contributed by atoms with Crippen LogP contribution in [0.5, 0.6) is 0 Å². The highest BCUT2D eigenvalue weighted by molar-refractivity contribution is 7.81. The standard InChI is InChI=1S/C7H14O3S.C5H12O4.4C2H4O2S/c1-3-4-7(9-2)10-6(8)5-11;6-1-5(2-7,3-8)4-9;4*3-2(4)1-5/h7,11H,3-5H2,1-2H3;6-9H,1-4H2;4*5H,1H2,(H,3,4). The Morgan fingerprint density at radius 3 is 0.975 bits per heavy atom. The fraction of sp³-hybridized carbons (Fsp3) is 0.750. The molecule has 242 valence electrons. The molecule has 0 aromatic carbocycles. The van der Waals surface area contributed by atoms with Crippen LogP contribution in [-0.4, -0.2) is 139 Å². The van der Waals surface area contributed by atoms with Crippen LogP contribution < -0.4 is 0 Å². The third kappa shape index (κ3) is 53.2. The smallest absolute Gasteiger partial charge is 0.317 e. The van der Waals surface area contributed by atoms with Gasteiger partial charge >= 0.3 is 29.8 Å². The second-order valence-corrected chi connectivity index (χ2v) is 8.02. The summed E-state index contributed by atoms with van der Waals surface area (Å²) in [5, 5.41) is 64.6. The maximum Gasteiger partial charge on any atom is 0.317 e. The van der Waals surface area contributed by atoms with Gasteiger partial charge in [-0.2, -0.15) is 63.1 Å². The van der Waals surface area contributed by atoms with Gasteiger partial charge < -0.3 is 50.3 Å². The highest BCUT2D eigenvalue weighted by Gasteiger charge is 2.26. The zero-order chi connectivity index (χ0) is 33.2. The zero-order valence-electron chi connectivity index (χ0n) is 22.0. The average Bonchev–Trinajstić information content (AvgIpc) is 2.95. The van der Waals surface area contributed by atoms with Crippen LogP contribution in [0.3, 0.4) is 0 Å². The van der Waals surface area contributed by atoms with E-state index < -0.39 is 62.0 Å². The molecule has 0 saturated carbocycles. The quantitative estimate of drug-likeness (QED) is 0.0643. The summed E-state index contributed by atoms with van der Waals surface area (Å²) in [6, 6.07) is 0. The molecule has 0 aliphatic heterocycles. The van der Waals surface area contributed by atoms with E-state index >= 15 is 0 Å². The molecule has 0 aliphatic rings. The van der Waals surface area contributed by atoms with Crippen molar-refractivity contribution >= 4 is 93.0 Å². The lowest BCUT2D eigenvalue weighted by molar-refractivity contribution is -0.171. The fourth-order valence-corrected chi connectivity index (χ4v) is 1.02. The number of esters is 1. The molecule has 0 heterocycles. The van der Waals surface area contributed by atoms with E-state index in [-0.39, 0.29) is 34.7 Å². The molecule has 40 heavy (non-hydrogen) atoms. The van der Waals surface area contributed by atoms with Crippen LogP contribution in [-0.2, 0) is 33.4 Å². The van der Waals surface area contributed by atoms with Gasteiger partial charge in [-0.1, -0.05) is 13.3 Å². The predicted molar refractivity (Wildman–Crippen MR) is 162 cm³/mol. The minimum atomic E-state index is -1.11. The molecular formula is C20H42O15S5. The number of rotatable bonds is 13. The van der Waals surface area contributed by atoms with Gasteiger partial charge in [0.2, 0.25) is 6.29 Å². The Morgan fingerprint density at radius 1 is 0.625 bits per heavy atom. The first-order valence-corrected chi connectivity index (χ1v) is 13.8. The molecule has 15 nitrogen and oxygen atoms in total. The number of aliphatic hydroxyl groups is 4. The van der Waals surface area contributed by atoms with E-state index in [1.165, 1.54) is 7.11 Å². The summed E-state index contributed by atoms with van der Waals surface area (Å²) in [4.78, 5) is 47.8. The van der Waals surface area contributed by atoms with Crippen molar-refractivity contribution in [2.24, 2.45) is 5.41 Å². The summed E-state index contributed by atoms with van der Waals surface area (Å²) >= 11 is 17.4. The molecule has 0 aromatic heterocycles. The minimum Gasteiger partial charge on any atom is -0.481 e. The first-order valence-electron chi connectivity index (χ1n) is 10.6. The van der Waals surface area contributed by atoms with Gasteiger partial charge in [0, 0.05) is 13.5 Å². The second kappa shape index (κ2) is 40.0. The van der Waals surface area contributed by atoms with Crippen LogP contribution in [0, 0.1) is 5.41 Å². The number of aliphatic hydroxyl groups excluding tert-OH is 4. The Bertz CT molecular complexity index is 550. The SMILES string of the molecule is CCCC(OC)OC(=O)CS.O=C(O)CS.O=C(O)CS.O=C(O)CS.O=C(O)CS.OCC(CO)(CO)CO. The second-order valence-electron chi connectivity index (χ2n) is 6.44. The Hall–Kier alpha value is -1.10. The zero-order valence-corrected chi connectivity index (χ0v) is 26.5. The molecule has 0 rings (SSSR count). The van der Waals surface area contributed by atoms with Gasteiger partial charge in [-0.25, -0.2) is 0 Å². The van der Waals surface area contributed by atoms with E-state index in [0.29, 0.717) is 0 Å². The number of carboxylic acid groups (broad SMARTS) is 4. The van der Waals surface area contributed by atoms with Crippen LogP contribution in [0.2, 0.25) is 0 Å². The van der Waals surface area contributed by atoms with Gasteiger partial charge in [-0.3, -0.25) is 24.0 Å². The lowest BCUT2D eigenvalue weighted by Gasteiger charge is -2.23. The molecule has 0 fully saturated rings. The largest absolute Gasteiger partial charge is 0.481 e. The fourth-order valence-electron chi connectivity index (χ4n) is 0.944. The van der Waals surface area contributed by atoms with E-state index in [9.17, 15) is 24.0 Å². The molecule has 0 spiro atoms. The van der Waals surface area contributed by atoms with Crippen molar-refractivity contribution in [1.82, 2.24) is 0 Å². The van der Waals surface area contributed by atoms with Crippen molar-refractivity contribution in [2.75, 3.05) is 62.3 Å². The van der Waals surface area contributed by atoms with Gasteiger partial charge in [0.1, 0.15) is 0 Å². The average molecular weight is 683 g/mol. The van der Waals surface area contributed by atoms with Crippen molar-refractivity contribution in [3.8, 4) is 0 Å². The molecule has 1 atom stereocenters. The van der Waals surface area contributed by atoms with Crippen LogP contribution in [0.1, 0.15) is 19.8 Å². The van der Waals surface area contributed by atoms with Crippen molar-refractivity contribution in [3.05, 3.63) is 0 Å². The topological polar surface area (TPSA) is 266 Å². The van der Waals surface area contributed by atoms with E-state index in [2.05, 4.69) is 63.1 Å². The third-order valence-corrected chi connectivity index (χ3v) is 4.40. The summed E-state index contributed by atoms with van der Waals surface area (Å²) in [5.41, 5.74) is -1.11. The number of methoxy groups -OCH3 is 1. The first-order chi connectivity index (χ1) is 18.6. The monoisotopic (exact) mass is 682 g/mol. The normalized spacial score (nSPS) is 9.88. The van der Waals surface area contributed by atoms with E-state index in [4.69, 9.17) is 50.3 Å². The number of hydrogen-bond acceptors (Lipinski definition) is 16. The summed E-state index contributed by atoms with van der Waals surface area (Å²) < 4.78 is 9.74. The lowest BCUT2D eigenvalue weighted by atomic mass is 9.93. The van der Waals surface area contributed by atoms with Crippen molar-refractivity contribution in [2.45, 2.75) is 26.1 Å².